The second-order valence-corrected chi connectivity index (χ2v) is 11.2. The van der Waals surface area contributed by atoms with E-state index in [1.165, 1.54) is 25.0 Å². The lowest BCUT2D eigenvalue weighted by Crippen LogP contribution is -2.46. The molecule has 6 nitrogen and oxygen atoms in total. The third-order valence-electron chi connectivity index (χ3n) is 7.03. The number of hydrogen-bond donors (Lipinski definition) is 1. The average molecular weight is 464 g/mol. The van der Waals surface area contributed by atoms with Gasteiger partial charge < -0.3 is 14.8 Å². The number of hydrogen-bond acceptors (Lipinski definition) is 5. The number of cyclic esters (lactones) is 2. The monoisotopic (exact) mass is 463 g/mol. The van der Waals surface area contributed by atoms with Crippen LogP contribution in [0.3, 0.4) is 0 Å². The molecule has 2 aromatic rings. The highest BCUT2D eigenvalue weighted by Crippen LogP contribution is 2.46. The molecular weight excluding hydrogens is 430 g/mol. The standard InChI is InChI=1S/C28H33NO5/c1-26(2)13-14-27(3,4)22-16-19(11-12-21(22)26)29-23(30)18-9-7-17(8-10-18)15-20-24(31)33-28(5,6)34-25(20)32/h7-12,16,20H,13-15H2,1-6H3,(H,29,30). The second-order valence-electron chi connectivity index (χ2n) is 11.2. The summed E-state index contributed by atoms with van der Waals surface area (Å²) in [6, 6.07) is 13.1. The van der Waals surface area contributed by atoms with Crippen LogP contribution in [0.2, 0.25) is 0 Å². The molecule has 0 atom stereocenters. The maximum Gasteiger partial charge on any atom is 0.323 e. The van der Waals surface area contributed by atoms with E-state index in [0.717, 1.165) is 24.1 Å². The molecule has 180 valence electrons. The molecule has 34 heavy (non-hydrogen) atoms. The van der Waals surface area contributed by atoms with E-state index in [1.807, 2.05) is 6.07 Å². The van der Waals surface area contributed by atoms with Gasteiger partial charge in [0.15, 0.2) is 5.92 Å². The van der Waals surface area contributed by atoms with Crippen molar-refractivity contribution in [2.45, 2.75) is 77.4 Å². The fourth-order valence-corrected chi connectivity index (χ4v) is 4.81. The van der Waals surface area contributed by atoms with Gasteiger partial charge in [-0.25, -0.2) is 0 Å². The molecule has 1 saturated heterocycles. The third-order valence-corrected chi connectivity index (χ3v) is 7.03. The Morgan fingerprint density at radius 2 is 1.41 bits per heavy atom. The molecule has 6 heteroatoms. The molecule has 1 aliphatic carbocycles. The van der Waals surface area contributed by atoms with Crippen molar-refractivity contribution >= 4 is 23.5 Å². The zero-order valence-corrected chi connectivity index (χ0v) is 20.8. The third kappa shape index (κ3) is 4.72. The highest BCUT2D eigenvalue weighted by atomic mass is 16.7. The summed E-state index contributed by atoms with van der Waals surface area (Å²) in [6.07, 6.45) is 2.40. The molecule has 0 radical (unpaired) electrons. The summed E-state index contributed by atoms with van der Waals surface area (Å²) < 4.78 is 10.4. The van der Waals surface area contributed by atoms with E-state index in [1.54, 1.807) is 24.3 Å². The number of carbonyl (C=O) groups excluding carboxylic acids is 3. The number of amides is 1. The highest BCUT2D eigenvalue weighted by molar-refractivity contribution is 6.04. The predicted molar refractivity (Wildman–Crippen MR) is 130 cm³/mol. The first-order valence-corrected chi connectivity index (χ1v) is 11.8. The number of ether oxygens (including phenoxy) is 2. The van der Waals surface area contributed by atoms with Gasteiger partial charge in [-0.1, -0.05) is 45.9 Å². The van der Waals surface area contributed by atoms with Crippen LogP contribution in [0.5, 0.6) is 0 Å². The van der Waals surface area contributed by atoms with Crippen LogP contribution in [-0.2, 0) is 36.3 Å². The summed E-state index contributed by atoms with van der Waals surface area (Å²) in [4.78, 5) is 37.3. The van der Waals surface area contributed by atoms with Crippen LogP contribution in [0, 0.1) is 5.92 Å². The molecule has 1 aliphatic heterocycles. The van der Waals surface area contributed by atoms with Crippen molar-refractivity contribution in [1.29, 1.82) is 0 Å². The zero-order chi connectivity index (χ0) is 24.9. The average Bonchev–Trinajstić information content (AvgIpc) is 2.74. The molecule has 1 amide bonds. The minimum Gasteiger partial charge on any atom is -0.422 e. The van der Waals surface area contributed by atoms with Gasteiger partial charge in [-0.2, -0.15) is 0 Å². The molecule has 0 unspecified atom stereocenters. The predicted octanol–water partition coefficient (Wildman–Crippen LogP) is 5.28. The molecule has 0 aromatic heterocycles. The first-order valence-electron chi connectivity index (χ1n) is 11.8. The van der Waals surface area contributed by atoms with Crippen molar-refractivity contribution in [1.82, 2.24) is 0 Å². The SMILES string of the molecule is CC1(C)OC(=O)C(Cc2ccc(C(=O)Nc3ccc4c(c3)C(C)(C)CCC4(C)C)cc2)C(=O)O1. The van der Waals surface area contributed by atoms with Crippen LogP contribution >= 0.6 is 0 Å². The smallest absolute Gasteiger partial charge is 0.323 e. The summed E-state index contributed by atoms with van der Waals surface area (Å²) >= 11 is 0. The van der Waals surface area contributed by atoms with E-state index in [2.05, 4.69) is 45.1 Å². The van der Waals surface area contributed by atoms with Crippen LogP contribution in [0.4, 0.5) is 5.69 Å². The van der Waals surface area contributed by atoms with Crippen LogP contribution in [-0.4, -0.2) is 23.6 Å². The van der Waals surface area contributed by atoms with Gasteiger partial charge in [0.05, 0.1) is 0 Å². The van der Waals surface area contributed by atoms with Gasteiger partial charge in [0.25, 0.3) is 11.7 Å². The maximum atomic E-state index is 12.9. The summed E-state index contributed by atoms with van der Waals surface area (Å²) in [5, 5.41) is 3.01. The number of anilines is 1. The minimum atomic E-state index is -1.24. The molecule has 0 saturated carbocycles. The highest BCUT2D eigenvalue weighted by Gasteiger charge is 2.43. The molecule has 0 spiro atoms. The molecule has 2 aliphatic rings. The maximum absolute atomic E-state index is 12.9. The van der Waals surface area contributed by atoms with E-state index >= 15 is 0 Å². The summed E-state index contributed by atoms with van der Waals surface area (Å²) in [6.45, 7) is 12.1. The van der Waals surface area contributed by atoms with Gasteiger partial charge in [0.1, 0.15) is 0 Å². The Kier molecular flexibility index (Phi) is 5.83. The van der Waals surface area contributed by atoms with E-state index in [0.29, 0.717) is 5.56 Å². The van der Waals surface area contributed by atoms with Crippen molar-refractivity contribution in [2.75, 3.05) is 5.32 Å². The number of fused-ring (bicyclic) bond motifs is 1. The van der Waals surface area contributed by atoms with Crippen molar-refractivity contribution in [2.24, 2.45) is 5.92 Å². The Labute approximate surface area is 201 Å². The Hall–Kier alpha value is -3.15. The van der Waals surface area contributed by atoms with Gasteiger partial charge >= 0.3 is 11.9 Å². The molecule has 1 fully saturated rings. The summed E-state index contributed by atoms with van der Waals surface area (Å²) in [7, 11) is 0. The van der Waals surface area contributed by atoms with Gasteiger partial charge in [-0.15, -0.1) is 0 Å². The van der Waals surface area contributed by atoms with Crippen molar-refractivity contribution < 1.29 is 23.9 Å². The topological polar surface area (TPSA) is 81.7 Å². The van der Waals surface area contributed by atoms with E-state index < -0.39 is 23.6 Å². The van der Waals surface area contributed by atoms with Gasteiger partial charge in [0.2, 0.25) is 0 Å². The molecular formula is C28H33NO5. The lowest BCUT2D eigenvalue weighted by Gasteiger charge is -2.42. The molecule has 4 rings (SSSR count). The Bertz CT molecular complexity index is 1120. The quantitative estimate of drug-likeness (QED) is 0.493. The lowest BCUT2D eigenvalue weighted by atomic mass is 9.63. The number of rotatable bonds is 4. The Balaban J connectivity index is 1.46. The van der Waals surface area contributed by atoms with Crippen molar-refractivity contribution in [3.05, 3.63) is 64.7 Å². The Morgan fingerprint density at radius 1 is 0.853 bits per heavy atom. The van der Waals surface area contributed by atoms with Crippen LogP contribution < -0.4 is 5.32 Å². The first-order chi connectivity index (χ1) is 15.8. The number of nitrogens with one attached hydrogen (secondary N) is 1. The Morgan fingerprint density at radius 3 is 2.00 bits per heavy atom. The lowest BCUT2D eigenvalue weighted by molar-refractivity contribution is -0.239. The summed E-state index contributed by atoms with van der Waals surface area (Å²) in [5.74, 6) is -3.65. The van der Waals surface area contributed by atoms with E-state index in [4.69, 9.17) is 9.47 Å². The van der Waals surface area contributed by atoms with Crippen molar-refractivity contribution in [3.63, 3.8) is 0 Å². The number of carbonyl (C=O) groups is 3. The zero-order valence-electron chi connectivity index (χ0n) is 20.8. The minimum absolute atomic E-state index is 0.0594. The molecule has 2 aromatic carbocycles. The molecule has 0 bridgehead atoms. The summed E-state index contributed by atoms with van der Waals surface area (Å²) in [5.41, 5.74) is 4.82. The van der Waals surface area contributed by atoms with E-state index in [-0.39, 0.29) is 23.2 Å². The van der Waals surface area contributed by atoms with Crippen LogP contribution in [0.25, 0.3) is 0 Å². The fraction of sp³-hybridized carbons (Fsp3) is 0.464. The van der Waals surface area contributed by atoms with Crippen LogP contribution in [0.1, 0.15) is 81.4 Å². The van der Waals surface area contributed by atoms with Gasteiger partial charge in [0, 0.05) is 25.1 Å². The van der Waals surface area contributed by atoms with Crippen LogP contribution in [0.15, 0.2) is 42.5 Å². The van der Waals surface area contributed by atoms with E-state index in [9.17, 15) is 14.4 Å². The van der Waals surface area contributed by atoms with Crippen molar-refractivity contribution in [3.8, 4) is 0 Å². The molecule has 1 N–H and O–H groups in total. The fourth-order valence-electron chi connectivity index (χ4n) is 4.81. The molecule has 1 heterocycles. The number of esters is 2. The normalized spacial score (nSPS) is 20.6. The second kappa shape index (κ2) is 8.26. The van der Waals surface area contributed by atoms with Gasteiger partial charge in [-0.3, -0.25) is 14.4 Å². The largest absolute Gasteiger partial charge is 0.422 e. The first kappa shape index (κ1) is 24.0. The number of benzene rings is 2. The van der Waals surface area contributed by atoms with Gasteiger partial charge in [-0.05, 0) is 71.0 Å².